The fraction of sp³-hybridized carbons (Fsp3) is 0.500. The van der Waals surface area contributed by atoms with E-state index in [2.05, 4.69) is 9.98 Å². The summed E-state index contributed by atoms with van der Waals surface area (Å²) in [6, 6.07) is 1.99. The van der Waals surface area contributed by atoms with Gasteiger partial charge in [-0.25, -0.2) is 9.38 Å². The van der Waals surface area contributed by atoms with Crippen molar-refractivity contribution in [3.63, 3.8) is 0 Å². The van der Waals surface area contributed by atoms with Crippen LogP contribution >= 0.6 is 0 Å². The van der Waals surface area contributed by atoms with Gasteiger partial charge in [-0.1, -0.05) is 13.0 Å². The van der Waals surface area contributed by atoms with Gasteiger partial charge in [-0.05, 0) is 19.1 Å². The number of carbonyl (C=O) groups excluding carboxylic acids is 1. The quantitative estimate of drug-likeness (QED) is 0.660. The summed E-state index contributed by atoms with van der Waals surface area (Å²) in [6.45, 7) is 2.39. The highest BCUT2D eigenvalue weighted by molar-refractivity contribution is 6.43. The number of nitrogens with two attached hydrogens (primary N) is 1. The summed E-state index contributed by atoms with van der Waals surface area (Å²) in [6.07, 6.45) is -4.84. The summed E-state index contributed by atoms with van der Waals surface area (Å²) in [4.78, 5) is 19.9. The largest absolute Gasteiger partial charge is 0.493 e. The molecular weight excluding hydrogens is 465 g/mol. The third kappa shape index (κ3) is 3.73. The van der Waals surface area contributed by atoms with Gasteiger partial charge in [-0.15, -0.1) is 0 Å². The maximum atomic E-state index is 14.5. The molecule has 5 atom stereocenters. The van der Waals surface area contributed by atoms with Crippen molar-refractivity contribution in [2.24, 2.45) is 27.6 Å². The monoisotopic (exact) mass is 487 g/mol. The predicted molar refractivity (Wildman–Crippen MR) is 111 cm³/mol. The third-order valence-corrected chi connectivity index (χ3v) is 6.66. The highest BCUT2D eigenvalue weighted by Gasteiger charge is 2.66. The molecule has 0 spiro atoms. The number of fused-ring (bicyclic) bond motifs is 1. The summed E-state index contributed by atoms with van der Waals surface area (Å²) in [5, 5.41) is 0. The molecule has 34 heavy (non-hydrogen) atoms. The fourth-order valence-electron chi connectivity index (χ4n) is 4.54. The molecule has 1 aromatic rings. The molecule has 7 nitrogen and oxygen atoms in total. The van der Waals surface area contributed by atoms with Crippen LogP contribution in [-0.4, -0.2) is 55.7 Å². The molecule has 0 bridgehead atoms. The van der Waals surface area contributed by atoms with E-state index in [0.29, 0.717) is 5.70 Å². The topological polar surface area (TPSA) is 95.5 Å². The maximum Gasteiger partial charge on any atom is 0.417 e. The molecule has 0 saturated carbocycles. The maximum absolute atomic E-state index is 14.5. The lowest BCUT2D eigenvalue weighted by molar-refractivity contribution is -0.270. The molecule has 0 aromatic heterocycles. The molecule has 4 rings (SSSR count). The van der Waals surface area contributed by atoms with Gasteiger partial charge >= 0.3 is 6.18 Å². The van der Waals surface area contributed by atoms with Crippen LogP contribution < -0.4 is 10.5 Å². The second-order valence-corrected chi connectivity index (χ2v) is 8.56. The Balaban J connectivity index is 1.84. The van der Waals surface area contributed by atoms with Crippen molar-refractivity contribution in [1.29, 1.82) is 0 Å². The van der Waals surface area contributed by atoms with Crippen LogP contribution in [0.15, 0.2) is 33.9 Å². The second-order valence-electron chi connectivity index (χ2n) is 8.56. The number of nitrogens with zero attached hydrogens (tertiary/aromatic N) is 2. The van der Waals surface area contributed by atoms with Gasteiger partial charge in [0.2, 0.25) is 11.7 Å². The molecule has 1 unspecified atom stereocenters. The number of ether oxygens (including phenoxy) is 3. The average molecular weight is 487 g/mol. The Hall–Kier alpha value is -3.02. The Morgan fingerprint density at radius 1 is 1.29 bits per heavy atom. The zero-order valence-electron chi connectivity index (χ0n) is 18.5. The number of halogens is 5. The molecule has 1 saturated heterocycles. The van der Waals surface area contributed by atoms with Gasteiger partial charge in [0.1, 0.15) is 11.8 Å². The molecular formula is C22H22F5N3O4. The van der Waals surface area contributed by atoms with Gasteiger partial charge in [-0.2, -0.15) is 17.6 Å². The summed E-state index contributed by atoms with van der Waals surface area (Å²) >= 11 is 0. The minimum Gasteiger partial charge on any atom is -0.493 e. The molecule has 1 aromatic carbocycles. The zero-order valence-corrected chi connectivity index (χ0v) is 18.5. The van der Waals surface area contributed by atoms with Gasteiger partial charge in [0.25, 0.3) is 5.91 Å². The first-order valence-electron chi connectivity index (χ1n) is 10.4. The molecule has 3 heterocycles. The highest BCUT2D eigenvalue weighted by atomic mass is 19.4. The number of hydrogen-bond acceptors (Lipinski definition) is 6. The number of primary amides is 1. The number of amides is 1. The minimum atomic E-state index is -4.79. The van der Waals surface area contributed by atoms with Crippen molar-refractivity contribution in [2.45, 2.75) is 37.6 Å². The Morgan fingerprint density at radius 2 is 2.00 bits per heavy atom. The Kier molecular flexibility index (Phi) is 5.91. The number of methoxy groups -OCH3 is 1. The van der Waals surface area contributed by atoms with Crippen LogP contribution in [0, 0.1) is 23.5 Å². The lowest BCUT2D eigenvalue weighted by Crippen LogP contribution is -2.47. The van der Waals surface area contributed by atoms with Gasteiger partial charge < -0.3 is 19.9 Å². The zero-order chi connectivity index (χ0) is 25.0. The van der Waals surface area contributed by atoms with E-state index in [1.54, 1.807) is 0 Å². The van der Waals surface area contributed by atoms with E-state index < -0.39 is 53.0 Å². The number of aliphatic imine (C=N–C) groups is 2. The molecule has 2 N–H and O–H groups in total. The smallest absolute Gasteiger partial charge is 0.417 e. The standard InChI is InChI=1S/C22H22F5N3O4/c1-9-15(11-4-5-12(23)16(24)17(11)32-3)18(34-21(9,2)22(25,26)27)20-30-13-6-14(19(28)31)29-7-10(13)8-33-20/h4-6,9-10,15,18H,7-8H2,1-3H3,(H2,28,31)/t9-,10?,15-,18+,21+/m0/s1. The molecule has 3 aliphatic rings. The van der Waals surface area contributed by atoms with E-state index in [4.69, 9.17) is 19.9 Å². The molecule has 1 fully saturated rings. The van der Waals surface area contributed by atoms with Crippen molar-refractivity contribution in [1.82, 2.24) is 0 Å². The summed E-state index contributed by atoms with van der Waals surface area (Å²) < 4.78 is 86.9. The van der Waals surface area contributed by atoms with E-state index >= 15 is 0 Å². The van der Waals surface area contributed by atoms with Crippen molar-refractivity contribution in [2.75, 3.05) is 20.3 Å². The van der Waals surface area contributed by atoms with E-state index in [0.717, 1.165) is 20.1 Å². The SMILES string of the molecule is COc1c([C@H]2[C@H](C3=NC4=CC(C(N)=O)=NCC4CO3)O[C@@](C)(C(F)(F)F)[C@H]2C)ccc(F)c1F. The summed E-state index contributed by atoms with van der Waals surface area (Å²) in [7, 11) is 1.09. The first-order valence-corrected chi connectivity index (χ1v) is 10.4. The molecule has 184 valence electrons. The molecule has 12 heteroatoms. The average Bonchev–Trinajstić information content (AvgIpc) is 3.06. The van der Waals surface area contributed by atoms with Crippen molar-refractivity contribution < 1.29 is 41.0 Å². The third-order valence-electron chi connectivity index (χ3n) is 6.66. The van der Waals surface area contributed by atoms with Crippen LogP contribution in [0.1, 0.15) is 25.3 Å². The first-order chi connectivity index (χ1) is 15.9. The van der Waals surface area contributed by atoms with Crippen LogP contribution in [0.4, 0.5) is 22.0 Å². The number of dihydropyridines is 1. The number of hydrogen-bond donors (Lipinski definition) is 1. The number of benzene rings is 1. The Morgan fingerprint density at radius 3 is 2.62 bits per heavy atom. The predicted octanol–water partition coefficient (Wildman–Crippen LogP) is 3.28. The fourth-order valence-corrected chi connectivity index (χ4v) is 4.54. The van der Waals surface area contributed by atoms with Crippen LogP contribution in [-0.2, 0) is 14.3 Å². The second kappa shape index (κ2) is 8.33. The highest BCUT2D eigenvalue weighted by Crippen LogP contribution is 2.55. The summed E-state index contributed by atoms with van der Waals surface area (Å²) in [5.74, 6) is -6.73. The van der Waals surface area contributed by atoms with Gasteiger partial charge in [0.15, 0.2) is 17.2 Å². The van der Waals surface area contributed by atoms with E-state index in [1.807, 2.05) is 0 Å². The van der Waals surface area contributed by atoms with Crippen LogP contribution in [0.25, 0.3) is 0 Å². The molecule has 0 aliphatic carbocycles. The minimum absolute atomic E-state index is 0.0164. The molecule has 0 radical (unpaired) electrons. The van der Waals surface area contributed by atoms with E-state index in [-0.39, 0.29) is 36.2 Å². The van der Waals surface area contributed by atoms with Gasteiger partial charge in [0, 0.05) is 17.4 Å². The molecule has 1 amide bonds. The molecule has 3 aliphatic heterocycles. The van der Waals surface area contributed by atoms with Crippen molar-refractivity contribution >= 4 is 17.5 Å². The van der Waals surface area contributed by atoms with E-state index in [9.17, 15) is 26.7 Å². The van der Waals surface area contributed by atoms with E-state index in [1.165, 1.54) is 19.1 Å². The lowest BCUT2D eigenvalue weighted by atomic mass is 9.77. The number of carbonyl (C=O) groups is 1. The van der Waals surface area contributed by atoms with Crippen molar-refractivity contribution in [3.05, 3.63) is 41.1 Å². The first kappa shape index (κ1) is 24.1. The summed E-state index contributed by atoms with van der Waals surface area (Å²) in [5.41, 5.74) is 2.95. The van der Waals surface area contributed by atoms with Crippen LogP contribution in [0.2, 0.25) is 0 Å². The normalized spacial score (nSPS) is 31.1. The van der Waals surface area contributed by atoms with Gasteiger partial charge in [0.05, 0.1) is 31.9 Å². The Labute approximate surface area is 191 Å². The number of alkyl halides is 3. The van der Waals surface area contributed by atoms with Gasteiger partial charge in [-0.3, -0.25) is 9.79 Å². The van der Waals surface area contributed by atoms with Crippen molar-refractivity contribution in [3.8, 4) is 5.75 Å². The van der Waals surface area contributed by atoms with Crippen LogP contribution in [0.5, 0.6) is 5.75 Å². The van der Waals surface area contributed by atoms with Crippen LogP contribution in [0.3, 0.4) is 0 Å². The number of rotatable bonds is 4. The Bertz CT molecular complexity index is 1120. The lowest BCUT2D eigenvalue weighted by Gasteiger charge is -2.32.